The molecule has 2 aromatic heterocycles. The maximum absolute atomic E-state index is 14.2. The third-order valence-corrected chi connectivity index (χ3v) is 8.24. The zero-order valence-electron chi connectivity index (χ0n) is 23.5. The minimum absolute atomic E-state index is 0.0485. The SMILES string of the molecule is Cn1cc(-c2ccc(-c3nc(-c4ccc(C(=O)OCc5ccccc5)c(N)c4)ncc3C(F)(F)F)c(P(C)(C)=O)c2)cn1. The van der Waals surface area contributed by atoms with E-state index >= 15 is 0 Å². The van der Waals surface area contributed by atoms with Crippen molar-refractivity contribution >= 4 is 24.1 Å². The van der Waals surface area contributed by atoms with Crippen LogP contribution < -0.4 is 11.0 Å². The fourth-order valence-electron chi connectivity index (χ4n) is 4.55. The van der Waals surface area contributed by atoms with E-state index in [1.54, 1.807) is 36.3 Å². The summed E-state index contributed by atoms with van der Waals surface area (Å²) in [4.78, 5) is 20.9. The molecule has 5 aromatic rings. The molecule has 43 heavy (non-hydrogen) atoms. The number of aryl methyl sites for hydroxylation is 1. The predicted molar refractivity (Wildman–Crippen MR) is 159 cm³/mol. The Kier molecular flexibility index (Phi) is 7.94. The molecule has 0 spiro atoms. The lowest BCUT2D eigenvalue weighted by atomic mass is 10.0. The highest BCUT2D eigenvalue weighted by Gasteiger charge is 2.37. The number of carbonyl (C=O) groups excluding carboxylic acids is 1. The van der Waals surface area contributed by atoms with Crippen LogP contribution in [0.15, 0.2) is 85.3 Å². The van der Waals surface area contributed by atoms with E-state index in [0.717, 1.165) is 11.1 Å². The van der Waals surface area contributed by atoms with Crippen LogP contribution in [0.2, 0.25) is 0 Å². The van der Waals surface area contributed by atoms with E-state index in [2.05, 4.69) is 15.1 Å². The number of benzene rings is 3. The molecule has 0 saturated carbocycles. The number of carbonyl (C=O) groups is 1. The zero-order chi connectivity index (χ0) is 30.9. The number of anilines is 1. The van der Waals surface area contributed by atoms with Crippen molar-refractivity contribution in [2.24, 2.45) is 7.05 Å². The summed E-state index contributed by atoms with van der Waals surface area (Å²) in [6.07, 6.45) is -0.718. The third-order valence-electron chi connectivity index (χ3n) is 6.71. The largest absolute Gasteiger partial charge is 0.457 e. The highest BCUT2D eigenvalue weighted by Crippen LogP contribution is 2.43. The number of esters is 1. The van der Waals surface area contributed by atoms with Gasteiger partial charge in [-0.15, -0.1) is 0 Å². The van der Waals surface area contributed by atoms with Crippen molar-refractivity contribution in [3.8, 4) is 33.8 Å². The summed E-state index contributed by atoms with van der Waals surface area (Å²) in [7, 11) is -1.36. The predicted octanol–water partition coefficient (Wildman–Crippen LogP) is 6.42. The van der Waals surface area contributed by atoms with E-state index in [-0.39, 0.29) is 40.1 Å². The quantitative estimate of drug-likeness (QED) is 0.129. The summed E-state index contributed by atoms with van der Waals surface area (Å²) < 4.78 is 63.0. The molecule has 0 unspecified atom stereocenters. The number of rotatable bonds is 7. The Hall–Kier alpha value is -4.76. The van der Waals surface area contributed by atoms with E-state index in [0.29, 0.717) is 11.8 Å². The lowest BCUT2D eigenvalue weighted by Crippen LogP contribution is -2.15. The highest BCUT2D eigenvalue weighted by atomic mass is 31.2. The maximum Gasteiger partial charge on any atom is 0.419 e. The number of nitrogens with two attached hydrogens (primary N) is 1. The first kappa shape index (κ1) is 29.7. The van der Waals surface area contributed by atoms with Gasteiger partial charge < -0.3 is 15.0 Å². The van der Waals surface area contributed by atoms with Crippen molar-refractivity contribution in [3.05, 3.63) is 102 Å². The van der Waals surface area contributed by atoms with Crippen molar-refractivity contribution in [2.45, 2.75) is 12.8 Å². The second-order valence-corrected chi connectivity index (χ2v) is 13.5. The summed E-state index contributed by atoms with van der Waals surface area (Å²) in [6.45, 7) is 3.03. The average molecular weight is 606 g/mol. The van der Waals surface area contributed by atoms with Gasteiger partial charge in [0.05, 0.1) is 17.5 Å². The van der Waals surface area contributed by atoms with E-state index in [1.165, 1.54) is 37.6 Å². The van der Waals surface area contributed by atoms with Gasteiger partial charge in [0.1, 0.15) is 19.3 Å². The van der Waals surface area contributed by atoms with Gasteiger partial charge in [-0.1, -0.05) is 48.5 Å². The van der Waals surface area contributed by atoms with Crippen LogP contribution in [0.4, 0.5) is 18.9 Å². The van der Waals surface area contributed by atoms with Gasteiger partial charge in [-0.05, 0) is 42.7 Å². The van der Waals surface area contributed by atoms with Gasteiger partial charge >= 0.3 is 12.1 Å². The summed E-state index contributed by atoms with van der Waals surface area (Å²) >= 11 is 0. The molecule has 3 aromatic carbocycles. The number of ether oxygens (including phenoxy) is 1. The monoisotopic (exact) mass is 605 g/mol. The van der Waals surface area contributed by atoms with E-state index < -0.39 is 30.5 Å². The van der Waals surface area contributed by atoms with Crippen LogP contribution in [0.1, 0.15) is 21.5 Å². The number of nitrogen functional groups attached to an aromatic ring is 1. The lowest BCUT2D eigenvalue weighted by molar-refractivity contribution is -0.137. The van der Waals surface area contributed by atoms with Crippen molar-refractivity contribution in [3.63, 3.8) is 0 Å². The van der Waals surface area contributed by atoms with Gasteiger partial charge in [-0.2, -0.15) is 18.3 Å². The molecule has 0 aliphatic rings. The lowest BCUT2D eigenvalue weighted by Gasteiger charge is -2.19. The Morgan fingerprint density at radius 2 is 1.70 bits per heavy atom. The van der Waals surface area contributed by atoms with E-state index in [4.69, 9.17) is 10.5 Å². The second-order valence-electron chi connectivity index (χ2n) is 10.3. The van der Waals surface area contributed by atoms with Crippen LogP contribution in [0.5, 0.6) is 0 Å². The Morgan fingerprint density at radius 1 is 0.977 bits per heavy atom. The average Bonchev–Trinajstić information content (AvgIpc) is 3.41. The Labute approximate surface area is 245 Å². The number of hydrogen-bond donors (Lipinski definition) is 1. The van der Waals surface area contributed by atoms with Crippen molar-refractivity contribution in [2.75, 3.05) is 19.1 Å². The molecule has 0 aliphatic carbocycles. The standard InChI is InChI=1S/C31H27F3N5O3P/c1-39-17-22(15-37-39)20-9-12-24(27(14-20)43(2,3)41)28-25(31(32,33)34)16-36-29(38-28)21-10-11-23(26(35)13-21)30(40)42-18-19-7-5-4-6-8-19/h4-17H,18,35H2,1-3H3. The number of nitrogens with zero attached hydrogens (tertiary/aromatic N) is 4. The molecule has 0 amide bonds. The molecule has 8 nitrogen and oxygen atoms in total. The van der Waals surface area contributed by atoms with Crippen LogP contribution in [0.3, 0.4) is 0 Å². The topological polar surface area (TPSA) is 113 Å². The summed E-state index contributed by atoms with van der Waals surface area (Å²) in [6, 6.07) is 18.2. The molecule has 5 rings (SSSR count). The minimum Gasteiger partial charge on any atom is -0.457 e. The minimum atomic E-state index is -4.79. The fourth-order valence-corrected chi connectivity index (χ4v) is 5.76. The normalized spacial score (nSPS) is 11.9. The van der Waals surface area contributed by atoms with Gasteiger partial charge in [0, 0.05) is 47.1 Å². The van der Waals surface area contributed by atoms with Crippen LogP contribution in [-0.2, 0) is 29.1 Å². The van der Waals surface area contributed by atoms with Gasteiger partial charge in [-0.3, -0.25) is 4.68 Å². The molecule has 0 fully saturated rings. The van der Waals surface area contributed by atoms with Crippen LogP contribution in [0.25, 0.3) is 33.8 Å². The Morgan fingerprint density at radius 3 is 2.33 bits per heavy atom. The van der Waals surface area contributed by atoms with Crippen LogP contribution >= 0.6 is 7.14 Å². The van der Waals surface area contributed by atoms with Crippen molar-refractivity contribution < 1.29 is 27.3 Å². The molecule has 0 aliphatic heterocycles. The Bertz CT molecular complexity index is 1870. The van der Waals surface area contributed by atoms with Crippen LogP contribution in [-0.4, -0.2) is 39.0 Å². The van der Waals surface area contributed by atoms with Gasteiger partial charge in [0.15, 0.2) is 5.82 Å². The highest BCUT2D eigenvalue weighted by molar-refractivity contribution is 7.70. The van der Waals surface area contributed by atoms with Crippen molar-refractivity contribution in [1.29, 1.82) is 0 Å². The molecule has 12 heteroatoms. The van der Waals surface area contributed by atoms with Crippen LogP contribution in [0, 0.1) is 0 Å². The third kappa shape index (κ3) is 6.52. The fraction of sp³-hybridized carbons (Fsp3) is 0.161. The van der Waals surface area contributed by atoms with Gasteiger partial charge in [0.2, 0.25) is 0 Å². The zero-order valence-corrected chi connectivity index (χ0v) is 24.4. The molecule has 2 heterocycles. The molecule has 0 atom stereocenters. The first-order chi connectivity index (χ1) is 20.3. The van der Waals surface area contributed by atoms with E-state index in [9.17, 15) is 22.5 Å². The molecule has 0 saturated heterocycles. The van der Waals surface area contributed by atoms with E-state index in [1.807, 2.05) is 30.3 Å². The molecular weight excluding hydrogens is 578 g/mol. The maximum atomic E-state index is 14.2. The van der Waals surface area contributed by atoms with Gasteiger partial charge in [0.25, 0.3) is 0 Å². The smallest absolute Gasteiger partial charge is 0.419 e. The summed E-state index contributed by atoms with van der Waals surface area (Å²) in [5.41, 5.74) is 7.34. The molecule has 0 radical (unpaired) electrons. The first-order valence-electron chi connectivity index (χ1n) is 13.1. The molecular formula is C31H27F3N5O3P. The molecule has 220 valence electrons. The number of hydrogen-bond acceptors (Lipinski definition) is 7. The summed E-state index contributed by atoms with van der Waals surface area (Å²) in [5, 5.41) is 4.38. The molecule has 0 bridgehead atoms. The number of alkyl halides is 3. The van der Waals surface area contributed by atoms with Crippen molar-refractivity contribution in [1.82, 2.24) is 19.7 Å². The summed E-state index contributed by atoms with van der Waals surface area (Å²) in [5.74, 6) is -0.704. The number of aromatic nitrogens is 4. The first-order valence-corrected chi connectivity index (χ1v) is 15.7. The molecule has 2 N–H and O–H groups in total. The Balaban J connectivity index is 1.55. The number of halogens is 3. The second kappa shape index (κ2) is 11.5. The van der Waals surface area contributed by atoms with Gasteiger partial charge in [-0.25, -0.2) is 14.8 Å².